The Labute approximate surface area is 135 Å². The maximum Gasteiger partial charge on any atom is 0.328 e. The molecule has 0 radical (unpaired) electrons. The van der Waals surface area contributed by atoms with Crippen LogP contribution in [0.4, 0.5) is 0 Å². The van der Waals surface area contributed by atoms with Gasteiger partial charge in [-0.15, -0.1) is 0 Å². The zero-order chi connectivity index (χ0) is 17.8. The Morgan fingerprint density at radius 2 is 2.00 bits per heavy atom. The standard InChI is InChI=1S/C15H24N2O6/c1-9-12(19)13(20)15(3,22)17(9)8-6-5-7-11(14(21)23-4)16-10(2)18/h11,19,22H,5-8H2,1-4H3,(H,16,18). The summed E-state index contributed by atoms with van der Waals surface area (Å²) in [5.74, 6) is -1.99. The maximum atomic E-state index is 11.7. The van der Waals surface area contributed by atoms with Crippen molar-refractivity contribution < 1.29 is 29.3 Å². The molecule has 0 spiro atoms. The van der Waals surface area contributed by atoms with Gasteiger partial charge in [0.1, 0.15) is 6.04 Å². The van der Waals surface area contributed by atoms with E-state index in [1.165, 1.54) is 25.9 Å². The lowest BCUT2D eigenvalue weighted by Gasteiger charge is -2.31. The maximum absolute atomic E-state index is 11.7. The second-order valence-electron chi connectivity index (χ2n) is 5.71. The van der Waals surface area contributed by atoms with Gasteiger partial charge in [0.15, 0.2) is 5.76 Å². The van der Waals surface area contributed by atoms with E-state index in [1.54, 1.807) is 6.92 Å². The lowest BCUT2D eigenvalue weighted by molar-refractivity contribution is -0.145. The highest BCUT2D eigenvalue weighted by Crippen LogP contribution is 2.31. The summed E-state index contributed by atoms with van der Waals surface area (Å²) in [5, 5.41) is 22.3. The van der Waals surface area contributed by atoms with E-state index in [2.05, 4.69) is 10.1 Å². The molecule has 1 aliphatic rings. The number of rotatable bonds is 7. The largest absolute Gasteiger partial charge is 0.503 e. The highest BCUT2D eigenvalue weighted by Gasteiger charge is 2.46. The van der Waals surface area contributed by atoms with Crippen LogP contribution in [0.15, 0.2) is 11.5 Å². The van der Waals surface area contributed by atoms with Crippen molar-refractivity contribution in [2.45, 2.75) is 51.8 Å². The van der Waals surface area contributed by atoms with Crippen LogP contribution in [0.5, 0.6) is 0 Å². The van der Waals surface area contributed by atoms with E-state index in [4.69, 9.17) is 0 Å². The Bertz CT molecular complexity index is 526. The van der Waals surface area contributed by atoms with Crippen LogP contribution in [-0.2, 0) is 19.1 Å². The first-order valence-corrected chi connectivity index (χ1v) is 7.42. The fourth-order valence-corrected chi connectivity index (χ4v) is 2.61. The molecule has 130 valence electrons. The van der Waals surface area contributed by atoms with Gasteiger partial charge in [-0.05, 0) is 33.1 Å². The molecule has 8 heteroatoms. The van der Waals surface area contributed by atoms with Crippen molar-refractivity contribution in [2.24, 2.45) is 0 Å². The molecular formula is C15H24N2O6. The number of aliphatic hydroxyl groups is 2. The minimum Gasteiger partial charge on any atom is -0.503 e. The van der Waals surface area contributed by atoms with Crippen LogP contribution >= 0.6 is 0 Å². The minimum absolute atomic E-state index is 0.322. The van der Waals surface area contributed by atoms with Gasteiger partial charge in [0, 0.05) is 13.5 Å². The zero-order valence-corrected chi connectivity index (χ0v) is 13.9. The molecule has 1 aliphatic heterocycles. The average molecular weight is 328 g/mol. The lowest BCUT2D eigenvalue weighted by Crippen LogP contribution is -2.47. The van der Waals surface area contributed by atoms with Gasteiger partial charge >= 0.3 is 5.97 Å². The normalized spacial score (nSPS) is 22.3. The van der Waals surface area contributed by atoms with Gasteiger partial charge in [0.2, 0.25) is 11.6 Å². The summed E-state index contributed by atoms with van der Waals surface area (Å²) in [6, 6.07) is -0.719. The summed E-state index contributed by atoms with van der Waals surface area (Å²) in [4.78, 5) is 35.8. The summed E-state index contributed by atoms with van der Waals surface area (Å²) in [6.45, 7) is 4.54. The second kappa shape index (κ2) is 7.45. The number of esters is 1. The van der Waals surface area contributed by atoms with Gasteiger partial charge in [-0.3, -0.25) is 9.59 Å². The average Bonchev–Trinajstić information content (AvgIpc) is 2.62. The quantitative estimate of drug-likeness (QED) is 0.452. The molecule has 0 saturated carbocycles. The number of ether oxygens (including phenoxy) is 1. The third-order valence-electron chi connectivity index (χ3n) is 3.91. The Balaban J connectivity index is 2.55. The molecule has 0 saturated heterocycles. The number of nitrogens with one attached hydrogen (secondary N) is 1. The predicted octanol–water partition coefficient (Wildman–Crippen LogP) is 0.217. The summed E-state index contributed by atoms with van der Waals surface area (Å²) in [7, 11) is 1.25. The number of Topliss-reactive ketones (excluding diaryl/α,β-unsaturated/α-hetero) is 1. The third-order valence-corrected chi connectivity index (χ3v) is 3.91. The molecule has 0 aromatic rings. The summed E-state index contributed by atoms with van der Waals surface area (Å²) in [6.07, 6.45) is 1.50. The Hall–Kier alpha value is -2.09. The number of hydrogen-bond acceptors (Lipinski definition) is 7. The van der Waals surface area contributed by atoms with Crippen molar-refractivity contribution in [1.82, 2.24) is 10.2 Å². The van der Waals surface area contributed by atoms with Crippen molar-refractivity contribution in [3.05, 3.63) is 11.5 Å². The van der Waals surface area contributed by atoms with E-state index in [0.29, 0.717) is 31.5 Å². The van der Waals surface area contributed by atoms with Crippen LogP contribution in [0.1, 0.15) is 40.0 Å². The Morgan fingerprint density at radius 1 is 1.39 bits per heavy atom. The van der Waals surface area contributed by atoms with Crippen molar-refractivity contribution in [3.63, 3.8) is 0 Å². The van der Waals surface area contributed by atoms with Crippen molar-refractivity contribution in [3.8, 4) is 0 Å². The first kappa shape index (κ1) is 19.0. The minimum atomic E-state index is -1.76. The molecule has 23 heavy (non-hydrogen) atoms. The second-order valence-corrected chi connectivity index (χ2v) is 5.71. The van der Waals surface area contributed by atoms with Crippen molar-refractivity contribution >= 4 is 17.7 Å². The Kier molecular flexibility index (Phi) is 6.14. The van der Waals surface area contributed by atoms with Gasteiger partial charge in [0.25, 0.3) is 5.78 Å². The summed E-state index contributed by atoms with van der Waals surface area (Å²) < 4.78 is 4.63. The van der Waals surface area contributed by atoms with Gasteiger partial charge in [0.05, 0.1) is 12.8 Å². The molecule has 1 amide bonds. The van der Waals surface area contributed by atoms with Crippen LogP contribution in [0.25, 0.3) is 0 Å². The number of carbonyl (C=O) groups excluding carboxylic acids is 3. The molecule has 8 nitrogen and oxygen atoms in total. The van der Waals surface area contributed by atoms with Gasteiger partial charge < -0.3 is 25.2 Å². The molecule has 0 fully saturated rings. The lowest BCUT2D eigenvalue weighted by atomic mass is 10.1. The predicted molar refractivity (Wildman–Crippen MR) is 81.1 cm³/mol. The van der Waals surface area contributed by atoms with E-state index in [0.717, 1.165) is 0 Å². The van der Waals surface area contributed by atoms with Crippen LogP contribution < -0.4 is 5.32 Å². The summed E-state index contributed by atoms with van der Waals surface area (Å²) >= 11 is 0. The van der Waals surface area contributed by atoms with Crippen LogP contribution in [0, 0.1) is 0 Å². The first-order chi connectivity index (χ1) is 10.6. The Morgan fingerprint density at radius 3 is 2.43 bits per heavy atom. The number of methoxy groups -OCH3 is 1. The number of allylic oxidation sites excluding steroid dienone is 1. The molecule has 0 aromatic carbocycles. The molecule has 2 atom stereocenters. The van der Waals surface area contributed by atoms with E-state index in [9.17, 15) is 24.6 Å². The zero-order valence-electron chi connectivity index (χ0n) is 13.9. The van der Waals surface area contributed by atoms with Crippen LogP contribution in [0.2, 0.25) is 0 Å². The van der Waals surface area contributed by atoms with Crippen LogP contribution in [0.3, 0.4) is 0 Å². The van der Waals surface area contributed by atoms with E-state index >= 15 is 0 Å². The molecule has 1 heterocycles. The summed E-state index contributed by atoms with van der Waals surface area (Å²) in [5.41, 5.74) is -1.43. The highest BCUT2D eigenvalue weighted by molar-refractivity contribution is 6.02. The number of aliphatic hydroxyl groups excluding tert-OH is 1. The highest BCUT2D eigenvalue weighted by atomic mass is 16.5. The molecule has 0 bridgehead atoms. The SMILES string of the molecule is COC(=O)C(CCCCN1C(C)=C(O)C(=O)C1(C)O)NC(C)=O. The number of ketones is 1. The van der Waals surface area contributed by atoms with Crippen molar-refractivity contribution in [2.75, 3.05) is 13.7 Å². The van der Waals surface area contributed by atoms with Crippen molar-refractivity contribution in [1.29, 1.82) is 0 Å². The number of amides is 1. The number of hydrogen-bond donors (Lipinski definition) is 3. The fourth-order valence-electron chi connectivity index (χ4n) is 2.61. The van der Waals surface area contributed by atoms with E-state index < -0.39 is 29.3 Å². The van der Waals surface area contributed by atoms with Gasteiger partial charge in [-0.2, -0.15) is 0 Å². The topological polar surface area (TPSA) is 116 Å². The monoisotopic (exact) mass is 328 g/mol. The number of carbonyl (C=O) groups is 3. The smallest absolute Gasteiger partial charge is 0.328 e. The fraction of sp³-hybridized carbons (Fsp3) is 0.667. The van der Waals surface area contributed by atoms with Gasteiger partial charge in [-0.1, -0.05) is 0 Å². The van der Waals surface area contributed by atoms with E-state index in [-0.39, 0.29) is 5.91 Å². The first-order valence-electron chi connectivity index (χ1n) is 7.42. The number of nitrogens with zero attached hydrogens (tertiary/aromatic N) is 1. The van der Waals surface area contributed by atoms with Gasteiger partial charge in [-0.25, -0.2) is 4.79 Å². The molecular weight excluding hydrogens is 304 g/mol. The van der Waals surface area contributed by atoms with E-state index in [1.807, 2.05) is 0 Å². The molecule has 0 aliphatic carbocycles. The third kappa shape index (κ3) is 4.22. The van der Waals surface area contributed by atoms with Crippen LogP contribution in [-0.4, -0.2) is 58.2 Å². The molecule has 0 aromatic heterocycles. The molecule has 3 N–H and O–H groups in total. The number of unbranched alkanes of at least 4 members (excludes halogenated alkanes) is 1. The molecule has 1 rings (SSSR count). The molecule has 2 unspecified atom stereocenters.